The summed E-state index contributed by atoms with van der Waals surface area (Å²) in [6, 6.07) is 4.08. The van der Waals surface area contributed by atoms with Crippen LogP contribution >= 0.6 is 38.6 Å². The fraction of sp³-hybridized carbons (Fsp3) is 0.462. The number of amides is 1. The second-order valence-corrected chi connectivity index (χ2v) is 8.07. The molecule has 1 amide bonds. The molecule has 2 atom stereocenters. The predicted octanol–water partition coefficient (Wildman–Crippen LogP) is 4.26. The van der Waals surface area contributed by atoms with Gasteiger partial charge in [0.05, 0.1) is 4.88 Å². The van der Waals surface area contributed by atoms with E-state index in [1.807, 2.05) is 6.07 Å². The lowest BCUT2D eigenvalue weighted by molar-refractivity contribution is 0.0951. The number of hydrogen-bond acceptors (Lipinski definition) is 3. The zero-order chi connectivity index (χ0) is 12.5. The zero-order valence-electron chi connectivity index (χ0n) is 9.82. The number of hydrogen-bond donors (Lipinski definition) is 1. The van der Waals surface area contributed by atoms with Crippen molar-refractivity contribution in [2.45, 2.75) is 24.1 Å². The van der Waals surface area contributed by atoms with Crippen molar-refractivity contribution in [2.75, 3.05) is 6.54 Å². The lowest BCUT2D eigenvalue weighted by Gasteiger charge is -2.09. The molecule has 1 saturated carbocycles. The molecule has 5 heteroatoms. The van der Waals surface area contributed by atoms with Gasteiger partial charge in [0.2, 0.25) is 0 Å². The number of fused-ring (bicyclic) bond motifs is 1. The highest BCUT2D eigenvalue weighted by molar-refractivity contribution is 9.09. The summed E-state index contributed by atoms with van der Waals surface area (Å²) in [6.45, 7) is 0.812. The topological polar surface area (TPSA) is 29.1 Å². The molecule has 0 bridgehead atoms. The minimum atomic E-state index is 0.0847. The van der Waals surface area contributed by atoms with Crippen LogP contribution in [-0.2, 0) is 0 Å². The van der Waals surface area contributed by atoms with Gasteiger partial charge in [-0.1, -0.05) is 15.9 Å². The minimum Gasteiger partial charge on any atom is -0.351 e. The van der Waals surface area contributed by atoms with Gasteiger partial charge in [-0.2, -0.15) is 0 Å². The van der Waals surface area contributed by atoms with Crippen LogP contribution < -0.4 is 5.32 Å². The number of halogens is 1. The lowest BCUT2D eigenvalue weighted by Crippen LogP contribution is -2.27. The van der Waals surface area contributed by atoms with Gasteiger partial charge >= 0.3 is 0 Å². The molecule has 0 spiro atoms. The van der Waals surface area contributed by atoms with Crippen LogP contribution in [0.3, 0.4) is 0 Å². The molecule has 0 aliphatic heterocycles. The van der Waals surface area contributed by atoms with Crippen LogP contribution in [0.25, 0.3) is 9.40 Å². The van der Waals surface area contributed by atoms with Crippen LogP contribution in [0.4, 0.5) is 0 Å². The molecule has 0 saturated heterocycles. The van der Waals surface area contributed by atoms with Gasteiger partial charge in [-0.05, 0) is 42.7 Å². The molecule has 1 aliphatic rings. The molecule has 96 valence electrons. The summed E-state index contributed by atoms with van der Waals surface area (Å²) in [5.41, 5.74) is 0. The van der Waals surface area contributed by atoms with E-state index in [0.29, 0.717) is 10.7 Å². The number of carbonyl (C=O) groups excluding carboxylic acids is 1. The first-order valence-corrected chi connectivity index (χ1v) is 8.73. The van der Waals surface area contributed by atoms with Gasteiger partial charge in [0.15, 0.2) is 0 Å². The van der Waals surface area contributed by atoms with Gasteiger partial charge in [-0.15, -0.1) is 22.7 Å². The Labute approximate surface area is 123 Å². The van der Waals surface area contributed by atoms with Gasteiger partial charge in [0.25, 0.3) is 5.91 Å². The normalized spacial score (nSPS) is 23.6. The number of nitrogens with one attached hydrogen (secondary N) is 1. The summed E-state index contributed by atoms with van der Waals surface area (Å²) in [5.74, 6) is 0.723. The monoisotopic (exact) mass is 343 g/mol. The first-order valence-electron chi connectivity index (χ1n) is 6.11. The molecule has 2 aromatic rings. The number of carbonyl (C=O) groups is 1. The fourth-order valence-electron chi connectivity index (χ4n) is 2.40. The summed E-state index contributed by atoms with van der Waals surface area (Å²) < 4.78 is 2.43. The molecular weight excluding hydrogens is 330 g/mol. The van der Waals surface area contributed by atoms with E-state index in [1.165, 1.54) is 28.7 Å². The SMILES string of the molecule is O=C(NCC1CCC(Br)C1)c1cc2sccc2s1. The smallest absolute Gasteiger partial charge is 0.261 e. The highest BCUT2D eigenvalue weighted by Gasteiger charge is 2.23. The Morgan fingerprint density at radius 3 is 3.06 bits per heavy atom. The first-order chi connectivity index (χ1) is 8.72. The van der Waals surface area contributed by atoms with Gasteiger partial charge in [-0.3, -0.25) is 4.79 Å². The van der Waals surface area contributed by atoms with Crippen LogP contribution in [0.1, 0.15) is 28.9 Å². The molecule has 1 fully saturated rings. The van der Waals surface area contributed by atoms with Gasteiger partial charge in [-0.25, -0.2) is 0 Å². The number of alkyl halides is 1. The summed E-state index contributed by atoms with van der Waals surface area (Å²) in [4.78, 5) is 13.5. The van der Waals surface area contributed by atoms with E-state index in [1.54, 1.807) is 22.7 Å². The summed E-state index contributed by atoms with van der Waals surface area (Å²) in [7, 11) is 0. The predicted molar refractivity (Wildman–Crippen MR) is 82.1 cm³/mol. The largest absolute Gasteiger partial charge is 0.351 e. The van der Waals surface area contributed by atoms with E-state index in [4.69, 9.17) is 0 Å². The summed E-state index contributed by atoms with van der Waals surface area (Å²) in [6.07, 6.45) is 3.63. The maximum absolute atomic E-state index is 12.0. The van der Waals surface area contributed by atoms with Gasteiger partial charge in [0, 0.05) is 20.8 Å². The van der Waals surface area contributed by atoms with Crippen molar-refractivity contribution in [2.24, 2.45) is 5.92 Å². The van der Waals surface area contributed by atoms with Crippen molar-refractivity contribution < 1.29 is 4.79 Å². The Balaban J connectivity index is 1.59. The molecule has 3 rings (SSSR count). The Kier molecular flexibility index (Phi) is 3.73. The van der Waals surface area contributed by atoms with Crippen molar-refractivity contribution in [1.82, 2.24) is 5.32 Å². The van der Waals surface area contributed by atoms with Gasteiger partial charge < -0.3 is 5.32 Å². The van der Waals surface area contributed by atoms with Crippen LogP contribution in [0.5, 0.6) is 0 Å². The van der Waals surface area contributed by atoms with E-state index >= 15 is 0 Å². The van der Waals surface area contributed by atoms with Crippen LogP contribution in [0.2, 0.25) is 0 Å². The average Bonchev–Trinajstić information content (AvgIpc) is 3.00. The van der Waals surface area contributed by atoms with E-state index in [-0.39, 0.29) is 5.91 Å². The first kappa shape index (κ1) is 12.6. The van der Waals surface area contributed by atoms with Crippen LogP contribution in [-0.4, -0.2) is 17.3 Å². The summed E-state index contributed by atoms with van der Waals surface area (Å²) in [5, 5.41) is 5.13. The molecule has 0 aromatic carbocycles. The molecule has 1 aliphatic carbocycles. The van der Waals surface area contributed by atoms with Crippen LogP contribution in [0.15, 0.2) is 17.5 Å². The Hall–Kier alpha value is -0.390. The highest BCUT2D eigenvalue weighted by atomic mass is 79.9. The maximum atomic E-state index is 12.0. The maximum Gasteiger partial charge on any atom is 0.261 e. The average molecular weight is 344 g/mol. The molecule has 2 aromatic heterocycles. The molecular formula is C13H14BrNOS2. The van der Waals surface area contributed by atoms with E-state index in [2.05, 4.69) is 32.7 Å². The highest BCUT2D eigenvalue weighted by Crippen LogP contribution is 2.31. The second kappa shape index (κ2) is 5.31. The minimum absolute atomic E-state index is 0.0847. The summed E-state index contributed by atoms with van der Waals surface area (Å²) >= 11 is 6.92. The molecule has 0 radical (unpaired) electrons. The van der Waals surface area contributed by atoms with Crippen molar-refractivity contribution in [3.63, 3.8) is 0 Å². The second-order valence-electron chi connectivity index (χ2n) is 4.75. The molecule has 2 unspecified atom stereocenters. The third kappa shape index (κ3) is 2.63. The Bertz CT molecular complexity index is 534. The standard InChI is InChI=1S/C13H14BrNOS2/c14-9-2-1-8(5-9)7-15-13(16)12-6-11-10(18-12)3-4-17-11/h3-4,6,8-9H,1-2,5,7H2,(H,15,16). The van der Waals surface area contributed by atoms with Gasteiger partial charge in [0.1, 0.15) is 0 Å². The van der Waals surface area contributed by atoms with Crippen molar-refractivity contribution in [3.8, 4) is 0 Å². The van der Waals surface area contributed by atoms with E-state index < -0.39 is 0 Å². The quantitative estimate of drug-likeness (QED) is 0.829. The molecule has 18 heavy (non-hydrogen) atoms. The lowest BCUT2D eigenvalue weighted by atomic mass is 10.1. The number of thiophene rings is 2. The van der Waals surface area contributed by atoms with Crippen molar-refractivity contribution in [1.29, 1.82) is 0 Å². The Morgan fingerprint density at radius 2 is 2.33 bits per heavy atom. The zero-order valence-corrected chi connectivity index (χ0v) is 13.0. The van der Waals surface area contributed by atoms with Crippen molar-refractivity contribution in [3.05, 3.63) is 22.4 Å². The third-order valence-electron chi connectivity index (χ3n) is 3.39. The molecule has 2 nitrogen and oxygen atoms in total. The fourth-order valence-corrected chi connectivity index (χ4v) is 5.22. The third-order valence-corrected chi connectivity index (χ3v) is 6.32. The number of rotatable bonds is 3. The van der Waals surface area contributed by atoms with E-state index in [9.17, 15) is 4.79 Å². The molecule has 2 heterocycles. The van der Waals surface area contributed by atoms with E-state index in [0.717, 1.165) is 11.4 Å². The van der Waals surface area contributed by atoms with Crippen LogP contribution in [0, 0.1) is 5.92 Å². The van der Waals surface area contributed by atoms with Crippen molar-refractivity contribution >= 4 is 53.9 Å². The Morgan fingerprint density at radius 1 is 1.44 bits per heavy atom. The molecule has 1 N–H and O–H groups in total.